The molecule has 160 valence electrons. The first kappa shape index (κ1) is 21.0. The minimum atomic E-state index is -0.141. The van der Waals surface area contributed by atoms with Gasteiger partial charge in [0.15, 0.2) is 5.13 Å². The van der Waals surface area contributed by atoms with E-state index in [0.29, 0.717) is 30.4 Å². The molecule has 3 heterocycles. The normalized spacial score (nSPS) is 14.5. The van der Waals surface area contributed by atoms with Crippen LogP contribution in [0.2, 0.25) is 0 Å². The summed E-state index contributed by atoms with van der Waals surface area (Å²) in [6.45, 7) is 3.11. The second kappa shape index (κ2) is 9.70. The number of rotatable bonds is 8. The third kappa shape index (κ3) is 5.46. The molecule has 1 aromatic carbocycles. The van der Waals surface area contributed by atoms with Crippen molar-refractivity contribution in [2.45, 2.75) is 38.8 Å². The Kier molecular flexibility index (Phi) is 6.57. The van der Waals surface area contributed by atoms with Gasteiger partial charge in [0.1, 0.15) is 12.4 Å². The van der Waals surface area contributed by atoms with Crippen molar-refractivity contribution >= 4 is 28.3 Å². The van der Waals surface area contributed by atoms with Crippen LogP contribution in [-0.2, 0) is 22.6 Å². The first-order chi connectivity index (χ1) is 15.1. The lowest BCUT2D eigenvalue weighted by Crippen LogP contribution is -2.28. The predicted molar refractivity (Wildman–Crippen MR) is 119 cm³/mol. The molecule has 3 aromatic rings. The highest BCUT2D eigenvalue weighted by Gasteiger charge is 2.24. The van der Waals surface area contributed by atoms with Gasteiger partial charge in [-0.25, -0.2) is 4.98 Å². The number of nitrogens with one attached hydrogen (secondary N) is 1. The number of aromatic nitrogens is 2. The highest BCUT2D eigenvalue weighted by Crippen LogP contribution is 2.25. The molecular formula is C23H24N4O3S. The van der Waals surface area contributed by atoms with Crippen LogP contribution in [0.3, 0.4) is 0 Å². The number of hydrogen-bond acceptors (Lipinski definition) is 6. The quantitative estimate of drug-likeness (QED) is 0.583. The second-order valence-corrected chi connectivity index (χ2v) is 8.29. The highest BCUT2D eigenvalue weighted by atomic mass is 32.1. The van der Waals surface area contributed by atoms with E-state index in [4.69, 9.17) is 4.74 Å². The molecule has 2 amide bonds. The summed E-state index contributed by atoms with van der Waals surface area (Å²) in [5, 5.41) is 5.53. The fourth-order valence-corrected chi connectivity index (χ4v) is 4.26. The Bertz CT molecular complexity index is 1040. The third-order valence-corrected chi connectivity index (χ3v) is 5.98. The van der Waals surface area contributed by atoms with Crippen molar-refractivity contribution in [3.63, 3.8) is 0 Å². The van der Waals surface area contributed by atoms with E-state index >= 15 is 0 Å². The fourth-order valence-electron chi connectivity index (χ4n) is 3.40. The molecule has 1 aliphatic heterocycles. The van der Waals surface area contributed by atoms with Gasteiger partial charge in [-0.2, -0.15) is 0 Å². The Morgan fingerprint density at radius 1 is 1.29 bits per heavy atom. The van der Waals surface area contributed by atoms with E-state index in [0.717, 1.165) is 23.3 Å². The van der Waals surface area contributed by atoms with Gasteiger partial charge in [-0.05, 0) is 37.1 Å². The van der Waals surface area contributed by atoms with Gasteiger partial charge in [-0.3, -0.25) is 19.5 Å². The molecule has 2 aromatic heterocycles. The van der Waals surface area contributed by atoms with E-state index < -0.39 is 0 Å². The standard InChI is InChI=1S/C23H24N4O3S/c1-16(18-6-8-20(9-7-18)30-14-17-4-2-10-24-13-17)25-21(28)12-19-15-31-23(26-19)27-11-3-5-22(27)29/h2,4,6-10,13,15-16H,3,5,11-12,14H2,1H3,(H,25,28). The molecule has 1 N–H and O–H groups in total. The van der Waals surface area contributed by atoms with Crippen molar-refractivity contribution in [2.75, 3.05) is 11.4 Å². The van der Waals surface area contributed by atoms with E-state index in [9.17, 15) is 9.59 Å². The molecule has 0 radical (unpaired) electrons. The number of thiazole rings is 1. The van der Waals surface area contributed by atoms with Crippen molar-refractivity contribution in [1.29, 1.82) is 0 Å². The summed E-state index contributed by atoms with van der Waals surface area (Å²) < 4.78 is 5.78. The van der Waals surface area contributed by atoms with Crippen LogP contribution in [0.15, 0.2) is 54.2 Å². The monoisotopic (exact) mass is 436 g/mol. The molecule has 1 atom stereocenters. The fraction of sp³-hybridized carbons (Fsp3) is 0.304. The Labute approximate surface area is 185 Å². The van der Waals surface area contributed by atoms with Crippen LogP contribution in [0.1, 0.15) is 42.6 Å². The first-order valence-corrected chi connectivity index (χ1v) is 11.1. The molecule has 0 spiro atoms. The number of amides is 2. The summed E-state index contributed by atoms with van der Waals surface area (Å²) in [5.74, 6) is 0.762. The molecule has 0 aliphatic carbocycles. The lowest BCUT2D eigenvalue weighted by atomic mass is 10.1. The molecule has 1 aliphatic rings. The molecule has 1 unspecified atom stereocenters. The van der Waals surface area contributed by atoms with Crippen LogP contribution < -0.4 is 15.0 Å². The van der Waals surface area contributed by atoms with Crippen molar-refractivity contribution in [3.8, 4) is 5.75 Å². The molecule has 1 fully saturated rings. The number of carbonyl (C=O) groups excluding carboxylic acids is 2. The summed E-state index contributed by atoms with van der Waals surface area (Å²) in [5.41, 5.74) is 2.68. The van der Waals surface area contributed by atoms with Gasteiger partial charge in [0.25, 0.3) is 0 Å². The van der Waals surface area contributed by atoms with E-state index in [-0.39, 0.29) is 24.3 Å². The summed E-state index contributed by atoms with van der Waals surface area (Å²) in [6, 6.07) is 11.4. The van der Waals surface area contributed by atoms with Crippen molar-refractivity contribution in [1.82, 2.24) is 15.3 Å². The van der Waals surface area contributed by atoms with Gasteiger partial charge in [0.2, 0.25) is 11.8 Å². The maximum absolute atomic E-state index is 12.5. The number of ether oxygens (including phenoxy) is 1. The van der Waals surface area contributed by atoms with Crippen LogP contribution >= 0.6 is 11.3 Å². The molecule has 4 rings (SSSR count). The van der Waals surface area contributed by atoms with Crippen LogP contribution in [0.4, 0.5) is 5.13 Å². The zero-order chi connectivity index (χ0) is 21.6. The smallest absolute Gasteiger partial charge is 0.228 e. The number of pyridine rings is 1. The van der Waals surface area contributed by atoms with Crippen molar-refractivity contribution in [2.24, 2.45) is 0 Å². The maximum Gasteiger partial charge on any atom is 0.228 e. The van der Waals surface area contributed by atoms with Crippen molar-refractivity contribution < 1.29 is 14.3 Å². The number of anilines is 1. The van der Waals surface area contributed by atoms with Gasteiger partial charge in [-0.15, -0.1) is 11.3 Å². The third-order valence-electron chi connectivity index (χ3n) is 5.07. The molecule has 0 bridgehead atoms. The van der Waals surface area contributed by atoms with Gasteiger partial charge >= 0.3 is 0 Å². The Balaban J connectivity index is 1.27. The first-order valence-electron chi connectivity index (χ1n) is 10.2. The molecule has 31 heavy (non-hydrogen) atoms. The van der Waals surface area contributed by atoms with E-state index in [1.54, 1.807) is 17.3 Å². The lowest BCUT2D eigenvalue weighted by molar-refractivity contribution is -0.121. The van der Waals surface area contributed by atoms with Gasteiger partial charge in [-0.1, -0.05) is 18.2 Å². The Morgan fingerprint density at radius 3 is 2.84 bits per heavy atom. The van der Waals surface area contributed by atoms with Gasteiger partial charge in [0.05, 0.1) is 18.2 Å². The number of hydrogen-bond donors (Lipinski definition) is 1. The zero-order valence-corrected chi connectivity index (χ0v) is 18.1. The molecule has 7 nitrogen and oxygen atoms in total. The molecule has 8 heteroatoms. The topological polar surface area (TPSA) is 84.4 Å². The molecule has 1 saturated heterocycles. The number of carbonyl (C=O) groups is 2. The summed E-state index contributed by atoms with van der Waals surface area (Å²) in [6.07, 6.45) is 5.13. The average Bonchev–Trinajstić information content (AvgIpc) is 3.41. The van der Waals surface area contributed by atoms with Gasteiger partial charge in [0, 0.05) is 36.3 Å². The largest absolute Gasteiger partial charge is 0.489 e. The summed E-state index contributed by atoms with van der Waals surface area (Å²) in [4.78, 5) is 34.5. The maximum atomic E-state index is 12.5. The van der Waals surface area contributed by atoms with Crippen LogP contribution in [-0.4, -0.2) is 28.3 Å². The number of nitrogens with zero attached hydrogens (tertiary/aromatic N) is 3. The Hall–Kier alpha value is -3.26. The van der Waals surface area contributed by atoms with E-state index in [1.165, 1.54) is 11.3 Å². The zero-order valence-electron chi connectivity index (χ0n) is 17.3. The Morgan fingerprint density at radius 2 is 2.13 bits per heavy atom. The minimum absolute atomic E-state index is 0.103. The summed E-state index contributed by atoms with van der Waals surface area (Å²) in [7, 11) is 0. The van der Waals surface area contributed by atoms with E-state index in [1.807, 2.05) is 48.7 Å². The lowest BCUT2D eigenvalue weighted by Gasteiger charge is -2.15. The van der Waals surface area contributed by atoms with Crippen LogP contribution in [0.5, 0.6) is 5.75 Å². The van der Waals surface area contributed by atoms with Gasteiger partial charge < -0.3 is 10.1 Å². The van der Waals surface area contributed by atoms with Crippen LogP contribution in [0.25, 0.3) is 0 Å². The van der Waals surface area contributed by atoms with E-state index in [2.05, 4.69) is 15.3 Å². The second-order valence-electron chi connectivity index (χ2n) is 7.46. The predicted octanol–water partition coefficient (Wildman–Crippen LogP) is 3.66. The SMILES string of the molecule is CC(NC(=O)Cc1csc(N2CCCC2=O)n1)c1ccc(OCc2cccnc2)cc1. The van der Waals surface area contributed by atoms with Crippen molar-refractivity contribution in [3.05, 3.63) is 71.0 Å². The number of benzene rings is 1. The highest BCUT2D eigenvalue weighted by molar-refractivity contribution is 7.14. The van der Waals surface area contributed by atoms with Crippen LogP contribution in [0, 0.1) is 0 Å². The molecule has 0 saturated carbocycles. The minimum Gasteiger partial charge on any atom is -0.489 e. The summed E-state index contributed by atoms with van der Waals surface area (Å²) >= 11 is 1.41. The molecular weight excluding hydrogens is 412 g/mol. The average molecular weight is 437 g/mol.